The van der Waals surface area contributed by atoms with Gasteiger partial charge in [-0.25, -0.2) is 0 Å². The Kier molecular flexibility index (Phi) is 5.43. The highest BCUT2D eigenvalue weighted by molar-refractivity contribution is 6.25. The van der Waals surface area contributed by atoms with Gasteiger partial charge in [0.05, 0.1) is 27.6 Å². The van der Waals surface area contributed by atoms with Crippen LogP contribution in [0.5, 0.6) is 0 Å². The molecule has 12 rings (SSSR count). The molecular formula is C49H29NO2. The van der Waals surface area contributed by atoms with Gasteiger partial charge in [-0.2, -0.15) is 0 Å². The fourth-order valence-corrected chi connectivity index (χ4v) is 9.55. The van der Waals surface area contributed by atoms with Crippen LogP contribution in [0.3, 0.4) is 0 Å². The molecule has 8 aromatic carbocycles. The van der Waals surface area contributed by atoms with Crippen LogP contribution in [-0.2, 0) is 5.41 Å². The van der Waals surface area contributed by atoms with E-state index in [0.717, 1.165) is 60.9 Å². The van der Waals surface area contributed by atoms with E-state index in [1.165, 1.54) is 44.5 Å². The van der Waals surface area contributed by atoms with Crippen LogP contribution in [0, 0.1) is 0 Å². The Labute approximate surface area is 299 Å². The summed E-state index contributed by atoms with van der Waals surface area (Å²) < 4.78 is 13.3. The van der Waals surface area contributed by atoms with Gasteiger partial charge in [0.1, 0.15) is 22.3 Å². The summed E-state index contributed by atoms with van der Waals surface area (Å²) in [6.07, 6.45) is 0. The molecule has 0 bridgehead atoms. The molecule has 0 aliphatic heterocycles. The molecule has 3 nitrogen and oxygen atoms in total. The topological polar surface area (TPSA) is 29.5 Å². The SMILES string of the molecule is c1ccc(N(c2cccc3c2-c2ccccc2C32c3ccccc3-c3ccccc32)c2cccc3oc4ccc5c6ccccc6oc5c4c23)cc1. The standard InChI is InChI=1S/C49H29NO2/c1-2-14-30(15-3-1)50(41-25-13-27-43-46(41)47-44(51-43)29-28-34-33-18-7-11-26-42(33)52-48(34)47)40-24-12-23-39-45(40)35-19-6-10-22-38(35)49(39)36-20-8-4-16-31(36)32-17-5-9-21-37(32)49/h1-29H. The lowest BCUT2D eigenvalue weighted by molar-refractivity contribution is 0.663. The van der Waals surface area contributed by atoms with E-state index in [-0.39, 0.29) is 0 Å². The third kappa shape index (κ3) is 3.40. The number of fused-ring (bicyclic) bond motifs is 17. The number of nitrogens with zero attached hydrogens (tertiary/aromatic N) is 1. The number of hydrogen-bond acceptors (Lipinski definition) is 3. The van der Waals surface area contributed by atoms with Crippen molar-refractivity contribution in [1.29, 1.82) is 0 Å². The Morgan fingerprint density at radius 3 is 1.73 bits per heavy atom. The van der Waals surface area contributed by atoms with Crippen molar-refractivity contribution < 1.29 is 8.83 Å². The van der Waals surface area contributed by atoms with Crippen molar-refractivity contribution in [1.82, 2.24) is 0 Å². The molecule has 2 aliphatic carbocycles. The van der Waals surface area contributed by atoms with Crippen molar-refractivity contribution in [2.24, 2.45) is 0 Å². The molecule has 10 aromatic rings. The van der Waals surface area contributed by atoms with Crippen LogP contribution < -0.4 is 4.90 Å². The quantitative estimate of drug-likeness (QED) is 0.188. The summed E-state index contributed by atoms with van der Waals surface area (Å²) in [5.41, 5.74) is 16.5. The monoisotopic (exact) mass is 663 g/mol. The largest absolute Gasteiger partial charge is 0.456 e. The van der Waals surface area contributed by atoms with E-state index in [4.69, 9.17) is 8.83 Å². The molecule has 2 aliphatic rings. The summed E-state index contributed by atoms with van der Waals surface area (Å²) >= 11 is 0. The van der Waals surface area contributed by atoms with Crippen LogP contribution in [-0.4, -0.2) is 0 Å². The Balaban J connectivity index is 1.21. The van der Waals surface area contributed by atoms with Crippen molar-refractivity contribution >= 4 is 60.9 Å². The van der Waals surface area contributed by atoms with Crippen molar-refractivity contribution in [3.63, 3.8) is 0 Å². The molecule has 242 valence electrons. The highest BCUT2D eigenvalue weighted by Gasteiger charge is 2.52. The van der Waals surface area contributed by atoms with Crippen molar-refractivity contribution in [3.05, 3.63) is 198 Å². The molecule has 0 unspecified atom stereocenters. The Morgan fingerprint density at radius 1 is 0.365 bits per heavy atom. The molecule has 0 fully saturated rings. The van der Waals surface area contributed by atoms with Crippen molar-refractivity contribution in [2.45, 2.75) is 5.41 Å². The molecule has 3 heteroatoms. The summed E-state index contributed by atoms with van der Waals surface area (Å²) in [6.45, 7) is 0. The minimum absolute atomic E-state index is 0.438. The van der Waals surface area contributed by atoms with E-state index in [1.807, 2.05) is 12.1 Å². The summed E-state index contributed by atoms with van der Waals surface area (Å²) in [7, 11) is 0. The summed E-state index contributed by atoms with van der Waals surface area (Å²) in [5.74, 6) is 0. The van der Waals surface area contributed by atoms with Crippen LogP contribution >= 0.6 is 0 Å². The van der Waals surface area contributed by atoms with Gasteiger partial charge in [-0.15, -0.1) is 0 Å². The third-order valence-electron chi connectivity index (χ3n) is 11.5. The van der Waals surface area contributed by atoms with Gasteiger partial charge in [-0.3, -0.25) is 0 Å². The lowest BCUT2D eigenvalue weighted by Crippen LogP contribution is -2.26. The van der Waals surface area contributed by atoms with E-state index < -0.39 is 5.41 Å². The van der Waals surface area contributed by atoms with Crippen LogP contribution in [0.1, 0.15) is 22.3 Å². The van der Waals surface area contributed by atoms with E-state index in [2.05, 4.69) is 169 Å². The maximum absolute atomic E-state index is 6.65. The first kappa shape index (κ1) is 27.9. The number of anilines is 3. The number of hydrogen-bond donors (Lipinski definition) is 0. The number of rotatable bonds is 3. The first-order chi connectivity index (χ1) is 25.8. The van der Waals surface area contributed by atoms with Gasteiger partial charge in [-0.1, -0.05) is 127 Å². The molecule has 0 saturated heterocycles. The summed E-state index contributed by atoms with van der Waals surface area (Å²) in [5, 5.41) is 4.21. The molecule has 0 amide bonds. The van der Waals surface area contributed by atoms with Gasteiger partial charge in [0.2, 0.25) is 0 Å². The van der Waals surface area contributed by atoms with Crippen molar-refractivity contribution in [3.8, 4) is 22.3 Å². The second-order valence-corrected chi connectivity index (χ2v) is 13.9. The molecule has 2 heterocycles. The highest BCUT2D eigenvalue weighted by atomic mass is 16.3. The molecule has 0 atom stereocenters. The van der Waals surface area contributed by atoms with Crippen LogP contribution in [0.15, 0.2) is 185 Å². The zero-order valence-corrected chi connectivity index (χ0v) is 28.0. The maximum Gasteiger partial charge on any atom is 0.147 e. The molecule has 0 saturated carbocycles. The highest BCUT2D eigenvalue weighted by Crippen LogP contribution is 2.64. The zero-order valence-electron chi connectivity index (χ0n) is 28.0. The van der Waals surface area contributed by atoms with Gasteiger partial charge in [0.25, 0.3) is 0 Å². The molecule has 52 heavy (non-hydrogen) atoms. The minimum atomic E-state index is -0.438. The maximum atomic E-state index is 6.65. The average Bonchev–Trinajstić information content (AvgIpc) is 3.94. The fourth-order valence-electron chi connectivity index (χ4n) is 9.55. The number of para-hydroxylation sites is 2. The predicted molar refractivity (Wildman–Crippen MR) is 212 cm³/mol. The Morgan fingerprint density at radius 2 is 0.942 bits per heavy atom. The van der Waals surface area contributed by atoms with Crippen LogP contribution in [0.4, 0.5) is 17.1 Å². The minimum Gasteiger partial charge on any atom is -0.456 e. The van der Waals surface area contributed by atoms with Crippen LogP contribution in [0.2, 0.25) is 0 Å². The second-order valence-electron chi connectivity index (χ2n) is 13.9. The lowest BCUT2D eigenvalue weighted by Gasteiger charge is -2.32. The molecule has 0 N–H and O–H groups in total. The van der Waals surface area contributed by atoms with Gasteiger partial charge < -0.3 is 13.7 Å². The Bertz CT molecular complexity index is 3050. The first-order valence-corrected chi connectivity index (χ1v) is 17.9. The Hall–Kier alpha value is -6.84. The lowest BCUT2D eigenvalue weighted by atomic mass is 9.70. The molecule has 1 spiro atoms. The summed E-state index contributed by atoms with van der Waals surface area (Å²) in [4.78, 5) is 2.43. The number of benzene rings is 8. The van der Waals surface area contributed by atoms with E-state index in [0.29, 0.717) is 0 Å². The van der Waals surface area contributed by atoms with E-state index in [1.54, 1.807) is 0 Å². The number of furan rings is 2. The molecular weight excluding hydrogens is 635 g/mol. The third-order valence-corrected chi connectivity index (χ3v) is 11.5. The summed E-state index contributed by atoms with van der Waals surface area (Å²) in [6, 6.07) is 63.5. The fraction of sp³-hybridized carbons (Fsp3) is 0.0204. The van der Waals surface area contributed by atoms with Crippen molar-refractivity contribution in [2.75, 3.05) is 4.90 Å². The smallest absolute Gasteiger partial charge is 0.147 e. The van der Waals surface area contributed by atoms with E-state index >= 15 is 0 Å². The molecule has 2 aromatic heterocycles. The molecule has 0 radical (unpaired) electrons. The van der Waals surface area contributed by atoms with Crippen LogP contribution in [0.25, 0.3) is 66.1 Å². The second kappa shape index (κ2) is 10.1. The normalized spacial score (nSPS) is 13.5. The zero-order chi connectivity index (χ0) is 34.0. The predicted octanol–water partition coefficient (Wildman–Crippen LogP) is 13.3. The van der Waals surface area contributed by atoms with E-state index in [9.17, 15) is 0 Å². The van der Waals surface area contributed by atoms with Gasteiger partial charge >= 0.3 is 0 Å². The average molecular weight is 664 g/mol. The van der Waals surface area contributed by atoms with Gasteiger partial charge in [0, 0.05) is 22.0 Å². The van der Waals surface area contributed by atoms with Gasteiger partial charge in [-0.05, 0) is 87.5 Å². The first-order valence-electron chi connectivity index (χ1n) is 17.9. The van der Waals surface area contributed by atoms with Gasteiger partial charge in [0.15, 0.2) is 0 Å².